The Bertz CT molecular complexity index is 475. The summed E-state index contributed by atoms with van der Waals surface area (Å²) in [5.74, 6) is -0.469. The molecule has 0 aliphatic carbocycles. The average molecular weight is 302 g/mol. The summed E-state index contributed by atoms with van der Waals surface area (Å²) in [5.41, 5.74) is 6.91. The zero-order chi connectivity index (χ0) is 12.6. The average Bonchev–Trinajstić information content (AvgIpc) is 2.75. The number of aliphatic carboxylic acids is 1. The van der Waals surface area contributed by atoms with Crippen molar-refractivity contribution in [3.05, 3.63) is 21.7 Å². The Kier molecular flexibility index (Phi) is 3.26. The Morgan fingerprint density at radius 1 is 1.59 bits per heavy atom. The third kappa shape index (κ3) is 1.98. The van der Waals surface area contributed by atoms with Crippen molar-refractivity contribution in [2.75, 3.05) is 13.3 Å². The summed E-state index contributed by atoms with van der Waals surface area (Å²) >= 11 is 3.34. The molecule has 3 N–H and O–H groups in total. The highest BCUT2D eigenvalue weighted by Crippen LogP contribution is 2.44. The van der Waals surface area contributed by atoms with Crippen LogP contribution in [0.1, 0.15) is 17.0 Å². The molecule has 0 aromatic heterocycles. The minimum atomic E-state index is -0.943. The van der Waals surface area contributed by atoms with Gasteiger partial charge in [0.2, 0.25) is 6.79 Å². The molecular weight excluding hydrogens is 290 g/mol. The van der Waals surface area contributed by atoms with Gasteiger partial charge in [0.1, 0.15) is 0 Å². The van der Waals surface area contributed by atoms with Crippen LogP contribution in [0.15, 0.2) is 10.5 Å². The first-order valence-electron chi connectivity index (χ1n) is 5.07. The Hall–Kier alpha value is -1.27. The van der Waals surface area contributed by atoms with Gasteiger partial charge in [0, 0.05) is 6.54 Å². The number of hydrogen-bond donors (Lipinski definition) is 2. The first-order valence-corrected chi connectivity index (χ1v) is 5.87. The van der Waals surface area contributed by atoms with Crippen LogP contribution in [0, 0.1) is 6.92 Å². The largest absolute Gasteiger partial charge is 0.481 e. The second kappa shape index (κ2) is 4.54. The minimum absolute atomic E-state index is 0.0439. The van der Waals surface area contributed by atoms with Crippen LogP contribution >= 0.6 is 15.9 Å². The van der Waals surface area contributed by atoms with Gasteiger partial charge in [-0.2, -0.15) is 0 Å². The van der Waals surface area contributed by atoms with Crippen molar-refractivity contribution in [2.45, 2.75) is 12.8 Å². The number of ether oxygens (including phenoxy) is 2. The van der Waals surface area contributed by atoms with E-state index in [1.807, 2.05) is 0 Å². The van der Waals surface area contributed by atoms with Gasteiger partial charge in [-0.15, -0.1) is 0 Å². The lowest BCUT2D eigenvalue weighted by atomic mass is 9.94. The number of halogens is 1. The summed E-state index contributed by atoms with van der Waals surface area (Å²) in [6.07, 6.45) is 0. The molecule has 1 aliphatic rings. The maximum atomic E-state index is 11.1. The van der Waals surface area contributed by atoms with E-state index in [0.717, 1.165) is 5.56 Å². The fraction of sp³-hybridized carbons (Fsp3) is 0.364. The number of hydrogen-bond acceptors (Lipinski definition) is 4. The van der Waals surface area contributed by atoms with Crippen molar-refractivity contribution in [3.8, 4) is 11.5 Å². The lowest BCUT2D eigenvalue weighted by Gasteiger charge is -2.15. The quantitative estimate of drug-likeness (QED) is 0.886. The van der Waals surface area contributed by atoms with Crippen molar-refractivity contribution in [2.24, 2.45) is 5.73 Å². The molecule has 0 saturated carbocycles. The molecule has 0 spiro atoms. The van der Waals surface area contributed by atoms with Gasteiger partial charge in [-0.1, -0.05) is 0 Å². The van der Waals surface area contributed by atoms with Gasteiger partial charge in [0.25, 0.3) is 0 Å². The number of nitrogens with two attached hydrogens (primary N) is 1. The van der Waals surface area contributed by atoms with Gasteiger partial charge in [0.15, 0.2) is 11.5 Å². The number of carboxylic acid groups (broad SMARTS) is 1. The van der Waals surface area contributed by atoms with Crippen molar-refractivity contribution in [3.63, 3.8) is 0 Å². The minimum Gasteiger partial charge on any atom is -0.481 e. The summed E-state index contributed by atoms with van der Waals surface area (Å²) in [5, 5.41) is 9.12. The Morgan fingerprint density at radius 3 is 2.82 bits per heavy atom. The van der Waals surface area contributed by atoms with Crippen molar-refractivity contribution in [1.29, 1.82) is 0 Å². The van der Waals surface area contributed by atoms with Crippen LogP contribution in [-0.2, 0) is 4.79 Å². The third-order valence-electron chi connectivity index (χ3n) is 2.79. The predicted molar refractivity (Wildman–Crippen MR) is 64.4 cm³/mol. The standard InChI is InChI=1S/C11H12BrNO4/c1-5-6(7(3-13)11(14)15)2-8(12)10-9(5)16-4-17-10/h2,7H,3-4,13H2,1H3,(H,14,15). The predicted octanol–water partition coefficient (Wildman–Crippen LogP) is 1.61. The molecule has 0 radical (unpaired) electrons. The Morgan fingerprint density at radius 2 is 2.24 bits per heavy atom. The molecule has 1 heterocycles. The van der Waals surface area contributed by atoms with E-state index in [1.165, 1.54) is 0 Å². The molecule has 1 aromatic rings. The second-order valence-corrected chi connectivity index (χ2v) is 4.62. The molecule has 17 heavy (non-hydrogen) atoms. The van der Waals surface area contributed by atoms with Gasteiger partial charge in [0.05, 0.1) is 10.4 Å². The zero-order valence-electron chi connectivity index (χ0n) is 9.20. The van der Waals surface area contributed by atoms with Crippen LogP contribution in [0.25, 0.3) is 0 Å². The van der Waals surface area contributed by atoms with Crippen molar-refractivity contribution < 1.29 is 19.4 Å². The number of carboxylic acids is 1. The fourth-order valence-corrected chi connectivity index (χ4v) is 2.44. The molecule has 1 unspecified atom stereocenters. The number of fused-ring (bicyclic) bond motifs is 1. The molecule has 92 valence electrons. The van der Waals surface area contributed by atoms with Gasteiger partial charge in [-0.25, -0.2) is 0 Å². The molecule has 1 aromatic carbocycles. The Balaban J connectivity index is 2.56. The molecule has 1 atom stereocenters. The van der Waals surface area contributed by atoms with Gasteiger partial charge < -0.3 is 20.3 Å². The van der Waals surface area contributed by atoms with Crippen molar-refractivity contribution >= 4 is 21.9 Å². The van der Waals surface area contributed by atoms with E-state index < -0.39 is 11.9 Å². The smallest absolute Gasteiger partial charge is 0.312 e. The molecular formula is C11H12BrNO4. The van der Waals surface area contributed by atoms with Gasteiger partial charge in [-0.05, 0) is 40.0 Å². The topological polar surface area (TPSA) is 81.8 Å². The second-order valence-electron chi connectivity index (χ2n) is 3.76. The van der Waals surface area contributed by atoms with Crippen molar-refractivity contribution in [1.82, 2.24) is 0 Å². The number of carbonyl (C=O) groups is 1. The maximum Gasteiger partial charge on any atom is 0.312 e. The van der Waals surface area contributed by atoms with Crippen LogP contribution < -0.4 is 15.2 Å². The van der Waals surface area contributed by atoms with Gasteiger partial charge in [-0.3, -0.25) is 4.79 Å². The monoisotopic (exact) mass is 301 g/mol. The normalized spacial score (nSPS) is 14.8. The summed E-state index contributed by atoms with van der Waals surface area (Å²) in [6.45, 7) is 2.00. The molecule has 1 aliphatic heterocycles. The first kappa shape index (κ1) is 12.2. The lowest BCUT2D eigenvalue weighted by Crippen LogP contribution is -2.22. The number of rotatable bonds is 3. The number of benzene rings is 1. The fourth-order valence-electron chi connectivity index (χ4n) is 1.90. The maximum absolute atomic E-state index is 11.1. The highest BCUT2D eigenvalue weighted by Gasteiger charge is 2.27. The molecule has 0 bridgehead atoms. The summed E-state index contributed by atoms with van der Waals surface area (Å²) in [7, 11) is 0. The lowest BCUT2D eigenvalue weighted by molar-refractivity contribution is -0.138. The molecule has 0 saturated heterocycles. The molecule has 2 rings (SSSR count). The summed E-state index contributed by atoms with van der Waals surface area (Å²) < 4.78 is 11.3. The molecule has 6 heteroatoms. The van der Waals surface area contributed by atoms with E-state index >= 15 is 0 Å². The van der Waals surface area contributed by atoms with E-state index in [-0.39, 0.29) is 13.3 Å². The zero-order valence-corrected chi connectivity index (χ0v) is 10.8. The van der Waals surface area contributed by atoms with Crippen LogP contribution in [-0.4, -0.2) is 24.4 Å². The summed E-state index contributed by atoms with van der Waals surface area (Å²) in [6, 6.07) is 1.73. The first-order chi connectivity index (χ1) is 8.06. The third-order valence-corrected chi connectivity index (χ3v) is 3.38. The van der Waals surface area contributed by atoms with E-state index in [2.05, 4.69) is 15.9 Å². The molecule has 0 fully saturated rings. The van der Waals surface area contributed by atoms with E-state index in [4.69, 9.17) is 20.3 Å². The van der Waals surface area contributed by atoms with Crippen LogP contribution in [0.2, 0.25) is 0 Å². The van der Waals surface area contributed by atoms with Crippen LogP contribution in [0.4, 0.5) is 0 Å². The Labute approximate surface area is 107 Å². The van der Waals surface area contributed by atoms with E-state index in [1.54, 1.807) is 13.0 Å². The SMILES string of the molecule is Cc1c(C(CN)C(=O)O)cc(Br)c2c1OCO2. The van der Waals surface area contributed by atoms with E-state index in [9.17, 15) is 4.79 Å². The molecule has 0 amide bonds. The highest BCUT2D eigenvalue weighted by molar-refractivity contribution is 9.10. The highest BCUT2D eigenvalue weighted by atomic mass is 79.9. The van der Waals surface area contributed by atoms with Gasteiger partial charge >= 0.3 is 5.97 Å². The van der Waals surface area contributed by atoms with E-state index in [0.29, 0.717) is 21.5 Å². The summed E-state index contributed by atoms with van der Waals surface area (Å²) in [4.78, 5) is 11.1. The van der Waals surface area contributed by atoms with Crippen LogP contribution in [0.5, 0.6) is 11.5 Å². The molecule has 5 nitrogen and oxygen atoms in total. The van der Waals surface area contributed by atoms with Crippen LogP contribution in [0.3, 0.4) is 0 Å².